The smallest absolute Gasteiger partial charge is 0.260 e. The second-order valence-corrected chi connectivity index (χ2v) is 4.55. The summed E-state index contributed by atoms with van der Waals surface area (Å²) in [6, 6.07) is 1.63. The van der Waals surface area contributed by atoms with Crippen molar-refractivity contribution >= 4 is 22.8 Å². The Labute approximate surface area is 92.1 Å². The zero-order valence-corrected chi connectivity index (χ0v) is 9.21. The van der Waals surface area contributed by atoms with E-state index in [4.69, 9.17) is 4.42 Å². The van der Waals surface area contributed by atoms with E-state index >= 15 is 0 Å². The standard InChI is InChI=1S/C10H12N2O2S/c1-2-8-5-11-10(15-8)12-9(13)7-3-4-14-6-7/h3-4,6,8H,2,5H2,1H3,(H,11,12,13). The van der Waals surface area contributed by atoms with Gasteiger partial charge in [0.1, 0.15) is 6.26 Å². The van der Waals surface area contributed by atoms with Crippen LogP contribution in [0.4, 0.5) is 0 Å². The number of carbonyl (C=O) groups is 1. The van der Waals surface area contributed by atoms with Crippen LogP contribution in [0, 0.1) is 0 Å². The van der Waals surface area contributed by atoms with Crippen molar-refractivity contribution in [3.05, 3.63) is 24.2 Å². The Morgan fingerprint density at radius 1 is 1.80 bits per heavy atom. The molecule has 0 aromatic carbocycles. The van der Waals surface area contributed by atoms with Gasteiger partial charge in [-0.05, 0) is 12.5 Å². The number of carbonyl (C=O) groups excluding carboxylic acids is 1. The van der Waals surface area contributed by atoms with Crippen LogP contribution >= 0.6 is 11.8 Å². The molecule has 1 amide bonds. The third-order valence-electron chi connectivity index (χ3n) is 2.18. The molecule has 4 nitrogen and oxygen atoms in total. The number of nitrogens with one attached hydrogen (secondary N) is 1. The fraction of sp³-hybridized carbons (Fsp3) is 0.400. The second kappa shape index (κ2) is 4.53. The molecule has 2 rings (SSSR count). The van der Waals surface area contributed by atoms with Crippen molar-refractivity contribution in [2.75, 3.05) is 6.54 Å². The van der Waals surface area contributed by atoms with Crippen LogP contribution < -0.4 is 5.32 Å². The molecule has 1 N–H and O–H groups in total. The zero-order valence-electron chi connectivity index (χ0n) is 8.40. The van der Waals surface area contributed by atoms with Gasteiger partial charge in [-0.1, -0.05) is 18.7 Å². The summed E-state index contributed by atoms with van der Waals surface area (Å²) < 4.78 is 4.83. The normalized spacial score (nSPS) is 20.1. The van der Waals surface area contributed by atoms with Crippen molar-refractivity contribution in [2.45, 2.75) is 18.6 Å². The average molecular weight is 224 g/mol. The topological polar surface area (TPSA) is 54.6 Å². The van der Waals surface area contributed by atoms with E-state index in [9.17, 15) is 4.79 Å². The summed E-state index contributed by atoms with van der Waals surface area (Å²) in [6.07, 6.45) is 3.97. The summed E-state index contributed by atoms with van der Waals surface area (Å²) in [5, 5.41) is 3.98. The van der Waals surface area contributed by atoms with Crippen molar-refractivity contribution in [3.63, 3.8) is 0 Å². The van der Waals surface area contributed by atoms with Crippen LogP contribution in [-0.2, 0) is 0 Å². The van der Waals surface area contributed by atoms with Crippen molar-refractivity contribution in [2.24, 2.45) is 4.99 Å². The van der Waals surface area contributed by atoms with Crippen LogP contribution in [0.25, 0.3) is 0 Å². The van der Waals surface area contributed by atoms with Crippen LogP contribution in [0.15, 0.2) is 28.0 Å². The van der Waals surface area contributed by atoms with Gasteiger partial charge in [0.05, 0.1) is 18.4 Å². The summed E-state index contributed by atoms with van der Waals surface area (Å²) in [7, 11) is 0. The maximum atomic E-state index is 11.6. The highest BCUT2D eigenvalue weighted by molar-refractivity contribution is 8.14. The molecule has 0 saturated carbocycles. The van der Waals surface area contributed by atoms with Crippen molar-refractivity contribution < 1.29 is 9.21 Å². The number of aliphatic imine (C=N–C) groups is 1. The molecular weight excluding hydrogens is 212 g/mol. The molecular formula is C10H12N2O2S. The Bertz CT molecular complexity index is 373. The number of rotatable bonds is 2. The Kier molecular flexibility index (Phi) is 3.11. The molecule has 0 saturated heterocycles. The average Bonchev–Trinajstić information content (AvgIpc) is 2.87. The molecule has 0 bridgehead atoms. The summed E-state index contributed by atoms with van der Waals surface area (Å²) in [6.45, 7) is 2.91. The summed E-state index contributed by atoms with van der Waals surface area (Å²) >= 11 is 1.62. The summed E-state index contributed by atoms with van der Waals surface area (Å²) in [5.41, 5.74) is 0.526. The molecule has 1 aromatic heterocycles. The van der Waals surface area contributed by atoms with Crippen LogP contribution in [0.2, 0.25) is 0 Å². The highest BCUT2D eigenvalue weighted by atomic mass is 32.2. The highest BCUT2D eigenvalue weighted by Gasteiger charge is 2.19. The van der Waals surface area contributed by atoms with Gasteiger partial charge in [-0.2, -0.15) is 0 Å². The molecule has 1 aliphatic heterocycles. The largest absolute Gasteiger partial charge is 0.472 e. The van der Waals surface area contributed by atoms with E-state index in [0.29, 0.717) is 16.0 Å². The van der Waals surface area contributed by atoms with Crippen molar-refractivity contribution in [1.29, 1.82) is 0 Å². The number of hydrogen-bond acceptors (Lipinski definition) is 4. The number of amidine groups is 1. The molecule has 2 heterocycles. The molecule has 0 radical (unpaired) electrons. The lowest BCUT2D eigenvalue weighted by Crippen LogP contribution is -2.27. The van der Waals surface area contributed by atoms with E-state index in [0.717, 1.165) is 13.0 Å². The first-order chi connectivity index (χ1) is 7.29. The number of amides is 1. The van der Waals surface area contributed by atoms with Crippen LogP contribution in [0.3, 0.4) is 0 Å². The van der Waals surface area contributed by atoms with E-state index in [1.165, 1.54) is 12.5 Å². The van der Waals surface area contributed by atoms with Gasteiger partial charge >= 0.3 is 0 Å². The van der Waals surface area contributed by atoms with Crippen molar-refractivity contribution in [1.82, 2.24) is 5.32 Å². The minimum Gasteiger partial charge on any atom is -0.472 e. The molecule has 1 atom stereocenters. The number of hydrogen-bond donors (Lipinski definition) is 1. The fourth-order valence-corrected chi connectivity index (χ4v) is 2.19. The first kappa shape index (κ1) is 10.3. The van der Waals surface area contributed by atoms with Gasteiger partial charge in [0.15, 0.2) is 5.17 Å². The molecule has 1 unspecified atom stereocenters. The lowest BCUT2D eigenvalue weighted by Gasteiger charge is -2.04. The summed E-state index contributed by atoms with van der Waals surface area (Å²) in [4.78, 5) is 15.8. The van der Waals surface area contributed by atoms with Crippen LogP contribution in [0.1, 0.15) is 23.7 Å². The molecule has 1 aliphatic rings. The van der Waals surface area contributed by atoms with Gasteiger partial charge < -0.3 is 9.73 Å². The van der Waals surface area contributed by atoms with Gasteiger partial charge in [-0.3, -0.25) is 9.79 Å². The predicted octanol–water partition coefficient (Wildman–Crippen LogP) is 1.89. The number of furan rings is 1. The fourth-order valence-electron chi connectivity index (χ4n) is 1.26. The Morgan fingerprint density at radius 2 is 2.67 bits per heavy atom. The molecule has 1 aromatic rings. The third-order valence-corrected chi connectivity index (χ3v) is 3.45. The number of thioether (sulfide) groups is 1. The van der Waals surface area contributed by atoms with Crippen LogP contribution in [0.5, 0.6) is 0 Å². The predicted molar refractivity (Wildman–Crippen MR) is 60.1 cm³/mol. The Hall–Kier alpha value is -1.23. The maximum Gasteiger partial charge on any atom is 0.260 e. The lowest BCUT2D eigenvalue weighted by atomic mass is 10.3. The van der Waals surface area contributed by atoms with Gasteiger partial charge in [-0.25, -0.2) is 0 Å². The molecule has 0 spiro atoms. The SMILES string of the molecule is CCC1CN=C(NC(=O)c2ccoc2)S1. The van der Waals surface area contributed by atoms with Gasteiger partial charge in [0.2, 0.25) is 0 Å². The molecule has 0 fully saturated rings. The highest BCUT2D eigenvalue weighted by Crippen LogP contribution is 2.22. The first-order valence-electron chi connectivity index (χ1n) is 4.84. The van der Waals surface area contributed by atoms with E-state index < -0.39 is 0 Å². The third kappa shape index (κ3) is 2.41. The minimum absolute atomic E-state index is 0.160. The molecule has 5 heteroatoms. The number of nitrogens with zero attached hydrogens (tertiary/aromatic N) is 1. The van der Waals surface area contributed by atoms with E-state index in [2.05, 4.69) is 17.2 Å². The quantitative estimate of drug-likeness (QED) is 0.834. The molecule has 0 aliphatic carbocycles. The Balaban J connectivity index is 1.91. The van der Waals surface area contributed by atoms with Gasteiger partial charge in [0, 0.05) is 5.25 Å². The Morgan fingerprint density at radius 3 is 3.27 bits per heavy atom. The monoisotopic (exact) mass is 224 g/mol. The molecule has 15 heavy (non-hydrogen) atoms. The maximum absolute atomic E-state index is 11.6. The molecule has 80 valence electrons. The first-order valence-corrected chi connectivity index (χ1v) is 5.72. The van der Waals surface area contributed by atoms with E-state index in [-0.39, 0.29) is 5.91 Å². The minimum atomic E-state index is -0.160. The van der Waals surface area contributed by atoms with Gasteiger partial charge in [-0.15, -0.1) is 0 Å². The van der Waals surface area contributed by atoms with Crippen LogP contribution in [-0.4, -0.2) is 22.9 Å². The lowest BCUT2D eigenvalue weighted by molar-refractivity contribution is 0.0977. The van der Waals surface area contributed by atoms with Gasteiger partial charge in [0.25, 0.3) is 5.91 Å². The summed E-state index contributed by atoms with van der Waals surface area (Å²) in [5.74, 6) is -0.160. The zero-order chi connectivity index (χ0) is 10.7. The second-order valence-electron chi connectivity index (χ2n) is 3.26. The van der Waals surface area contributed by atoms with E-state index in [1.807, 2.05) is 0 Å². The van der Waals surface area contributed by atoms with Crippen molar-refractivity contribution in [3.8, 4) is 0 Å². The van der Waals surface area contributed by atoms with E-state index in [1.54, 1.807) is 17.8 Å².